The van der Waals surface area contributed by atoms with Gasteiger partial charge in [0, 0.05) is 0 Å². The number of carbonyl (C=O) groups is 1. The van der Waals surface area contributed by atoms with Gasteiger partial charge in [-0.2, -0.15) is 0 Å². The van der Waals surface area contributed by atoms with Crippen molar-refractivity contribution in [3.05, 3.63) is 29.3 Å². The van der Waals surface area contributed by atoms with Gasteiger partial charge >= 0.3 is 5.97 Å². The van der Waals surface area contributed by atoms with Crippen molar-refractivity contribution in [2.24, 2.45) is 0 Å². The third kappa shape index (κ3) is 1.71. The van der Waals surface area contributed by atoms with Gasteiger partial charge in [0.1, 0.15) is 17.1 Å². The number of aryl methyl sites for hydroxylation is 1. The largest absolute Gasteiger partial charge is 0.483 e. The first-order chi connectivity index (χ1) is 8.05. The first kappa shape index (κ1) is 10.4. The fourth-order valence-electron chi connectivity index (χ4n) is 2.19. The van der Waals surface area contributed by atoms with Crippen LogP contribution in [-0.2, 0) is 11.2 Å². The lowest BCUT2D eigenvalue weighted by atomic mass is 9.97. The monoisotopic (exact) mass is 230 g/mol. The molecule has 2 aliphatic heterocycles. The number of rotatable bonds is 0. The maximum atomic E-state index is 11.4. The van der Waals surface area contributed by atoms with Crippen LogP contribution >= 0.6 is 0 Å². The molecule has 0 bridgehead atoms. The molecule has 0 spiro atoms. The molecule has 2 aliphatic rings. The Kier molecular flexibility index (Phi) is 2.05. The minimum Gasteiger partial charge on any atom is -0.483 e. The third-order valence-corrected chi connectivity index (χ3v) is 3.08. The van der Waals surface area contributed by atoms with Crippen LogP contribution in [0.2, 0.25) is 0 Å². The highest BCUT2D eigenvalue weighted by Gasteiger charge is 2.27. The summed E-state index contributed by atoms with van der Waals surface area (Å²) in [6.07, 6.45) is 5.18. The van der Waals surface area contributed by atoms with Crippen molar-refractivity contribution in [3.63, 3.8) is 0 Å². The van der Waals surface area contributed by atoms with E-state index < -0.39 is 0 Å². The second-order valence-electron chi connectivity index (χ2n) is 4.98. The van der Waals surface area contributed by atoms with Gasteiger partial charge < -0.3 is 9.47 Å². The molecule has 88 valence electrons. The number of fused-ring (bicyclic) bond motifs is 3. The fraction of sp³-hybridized carbons (Fsp3) is 0.357. The van der Waals surface area contributed by atoms with Crippen molar-refractivity contribution in [1.29, 1.82) is 0 Å². The normalized spacial score (nSPS) is 20.0. The molecule has 3 rings (SSSR count). The SMILES string of the molecule is CC1(C)C=Cc2c(ccc3c2OC(=O)CC3)O1. The van der Waals surface area contributed by atoms with E-state index in [2.05, 4.69) is 0 Å². The number of benzene rings is 1. The summed E-state index contributed by atoms with van der Waals surface area (Å²) in [6.45, 7) is 4.00. The Morgan fingerprint density at radius 1 is 1.24 bits per heavy atom. The summed E-state index contributed by atoms with van der Waals surface area (Å²) < 4.78 is 11.2. The van der Waals surface area contributed by atoms with Gasteiger partial charge in [-0.25, -0.2) is 0 Å². The van der Waals surface area contributed by atoms with Crippen LogP contribution in [0.25, 0.3) is 6.08 Å². The van der Waals surface area contributed by atoms with Crippen LogP contribution in [0.3, 0.4) is 0 Å². The van der Waals surface area contributed by atoms with Crippen LogP contribution in [-0.4, -0.2) is 11.6 Å². The van der Waals surface area contributed by atoms with E-state index in [1.54, 1.807) is 0 Å². The van der Waals surface area contributed by atoms with Gasteiger partial charge in [-0.1, -0.05) is 6.07 Å². The highest BCUT2D eigenvalue weighted by Crippen LogP contribution is 2.40. The topological polar surface area (TPSA) is 35.5 Å². The third-order valence-electron chi connectivity index (χ3n) is 3.08. The maximum Gasteiger partial charge on any atom is 0.311 e. The molecular weight excluding hydrogens is 216 g/mol. The van der Waals surface area contributed by atoms with Gasteiger partial charge in [0.2, 0.25) is 0 Å². The molecule has 17 heavy (non-hydrogen) atoms. The van der Waals surface area contributed by atoms with Crippen LogP contribution in [0.1, 0.15) is 31.4 Å². The quantitative estimate of drug-likeness (QED) is 0.508. The molecule has 0 fully saturated rings. The van der Waals surface area contributed by atoms with E-state index in [-0.39, 0.29) is 11.6 Å². The summed E-state index contributed by atoms with van der Waals surface area (Å²) in [5.74, 6) is 1.29. The van der Waals surface area contributed by atoms with Crippen LogP contribution in [0, 0.1) is 0 Å². The zero-order chi connectivity index (χ0) is 12.0. The zero-order valence-corrected chi connectivity index (χ0v) is 9.95. The second-order valence-corrected chi connectivity index (χ2v) is 4.98. The lowest BCUT2D eigenvalue weighted by molar-refractivity contribution is -0.135. The van der Waals surface area contributed by atoms with E-state index in [4.69, 9.17) is 9.47 Å². The molecule has 1 aromatic carbocycles. The molecular formula is C14H14O3. The highest BCUT2D eigenvalue weighted by atomic mass is 16.5. The molecule has 0 aromatic heterocycles. The maximum absolute atomic E-state index is 11.4. The van der Waals surface area contributed by atoms with Crippen molar-refractivity contribution >= 4 is 12.0 Å². The molecule has 0 unspecified atom stereocenters. The zero-order valence-electron chi connectivity index (χ0n) is 9.95. The lowest BCUT2D eigenvalue weighted by Crippen LogP contribution is -2.28. The van der Waals surface area contributed by atoms with Gasteiger partial charge in [-0.15, -0.1) is 0 Å². The number of carbonyl (C=O) groups excluding carboxylic acids is 1. The summed E-state index contributed by atoms with van der Waals surface area (Å²) in [7, 11) is 0. The molecule has 2 heterocycles. The molecule has 0 radical (unpaired) electrons. The Bertz CT molecular complexity index is 527. The first-order valence-electron chi connectivity index (χ1n) is 5.80. The predicted octanol–water partition coefficient (Wildman–Crippen LogP) is 2.72. The Morgan fingerprint density at radius 2 is 2.06 bits per heavy atom. The molecule has 3 heteroatoms. The predicted molar refractivity (Wildman–Crippen MR) is 64.1 cm³/mol. The molecule has 0 N–H and O–H groups in total. The fourth-order valence-corrected chi connectivity index (χ4v) is 2.19. The average molecular weight is 230 g/mol. The number of hydrogen-bond donors (Lipinski definition) is 0. The molecule has 3 nitrogen and oxygen atoms in total. The summed E-state index contributed by atoms with van der Waals surface area (Å²) in [4.78, 5) is 11.4. The van der Waals surface area contributed by atoms with Gasteiger partial charge in [-0.05, 0) is 44.1 Å². The minimum absolute atomic E-state index is 0.163. The summed E-state index contributed by atoms with van der Waals surface area (Å²) >= 11 is 0. The van der Waals surface area contributed by atoms with Crippen molar-refractivity contribution in [2.75, 3.05) is 0 Å². The van der Waals surface area contributed by atoms with Crippen molar-refractivity contribution in [3.8, 4) is 11.5 Å². The standard InChI is InChI=1S/C14H14O3/c1-14(2)8-7-10-11(17-14)5-3-9-4-6-12(15)16-13(9)10/h3,5,7-8H,4,6H2,1-2H3. The highest BCUT2D eigenvalue weighted by molar-refractivity contribution is 5.80. The first-order valence-corrected chi connectivity index (χ1v) is 5.80. The summed E-state index contributed by atoms with van der Waals surface area (Å²) in [6, 6.07) is 3.94. The van der Waals surface area contributed by atoms with Crippen LogP contribution < -0.4 is 9.47 Å². The summed E-state index contributed by atoms with van der Waals surface area (Å²) in [5.41, 5.74) is 1.66. The van der Waals surface area contributed by atoms with E-state index in [1.165, 1.54) is 0 Å². The summed E-state index contributed by atoms with van der Waals surface area (Å²) in [5, 5.41) is 0. The average Bonchev–Trinajstić information content (AvgIpc) is 2.27. The number of ether oxygens (including phenoxy) is 2. The van der Waals surface area contributed by atoms with E-state index in [0.29, 0.717) is 12.2 Å². The van der Waals surface area contributed by atoms with Crippen molar-refractivity contribution in [2.45, 2.75) is 32.3 Å². The number of hydrogen-bond acceptors (Lipinski definition) is 3. The Hall–Kier alpha value is -1.77. The van der Waals surface area contributed by atoms with E-state index in [0.717, 1.165) is 23.3 Å². The van der Waals surface area contributed by atoms with Crippen LogP contribution in [0.5, 0.6) is 11.5 Å². The van der Waals surface area contributed by atoms with Gasteiger partial charge in [0.25, 0.3) is 0 Å². The van der Waals surface area contributed by atoms with Crippen molar-refractivity contribution in [1.82, 2.24) is 0 Å². The minimum atomic E-state index is -0.306. The smallest absolute Gasteiger partial charge is 0.311 e. The Morgan fingerprint density at radius 3 is 2.88 bits per heavy atom. The Labute approximate surface area is 100 Å². The molecule has 0 saturated carbocycles. The Balaban J connectivity index is 2.13. The van der Waals surface area contributed by atoms with Gasteiger partial charge in [0.15, 0.2) is 0 Å². The molecule has 0 saturated heterocycles. The molecule has 0 aliphatic carbocycles. The molecule has 0 atom stereocenters. The van der Waals surface area contributed by atoms with Crippen LogP contribution in [0.4, 0.5) is 0 Å². The van der Waals surface area contributed by atoms with Crippen LogP contribution in [0.15, 0.2) is 18.2 Å². The van der Waals surface area contributed by atoms with E-state index in [1.807, 2.05) is 38.1 Å². The van der Waals surface area contributed by atoms with Gasteiger partial charge in [0.05, 0.1) is 12.0 Å². The number of esters is 1. The van der Waals surface area contributed by atoms with E-state index >= 15 is 0 Å². The van der Waals surface area contributed by atoms with Crippen molar-refractivity contribution < 1.29 is 14.3 Å². The molecule has 1 aromatic rings. The van der Waals surface area contributed by atoms with E-state index in [9.17, 15) is 4.79 Å². The van der Waals surface area contributed by atoms with Gasteiger partial charge in [-0.3, -0.25) is 4.79 Å². The molecule has 0 amide bonds. The second kappa shape index (κ2) is 3.36. The lowest BCUT2D eigenvalue weighted by Gasteiger charge is -2.30.